The molecule has 2 fully saturated rings. The molecule has 3 aliphatic rings. The second kappa shape index (κ2) is 3.35. The molecule has 2 bridgehead atoms. The summed E-state index contributed by atoms with van der Waals surface area (Å²) in [7, 11) is -0.863. The van der Waals surface area contributed by atoms with Gasteiger partial charge in [0.2, 0.25) is 0 Å². The molecule has 1 aromatic rings. The largest absolute Gasteiger partial charge is 0.305 e. The molecule has 2 nitrogen and oxygen atoms in total. The molecule has 0 radical (unpaired) electrons. The van der Waals surface area contributed by atoms with Gasteiger partial charge in [-0.1, -0.05) is 17.7 Å². The Labute approximate surface area is 104 Å². The maximum atomic E-state index is 12.3. The molecule has 1 heterocycles. The number of hydrogen-bond acceptors (Lipinski definition) is 1. The van der Waals surface area contributed by atoms with Crippen LogP contribution >= 0.6 is 0 Å². The molecule has 1 aromatic carbocycles. The van der Waals surface area contributed by atoms with E-state index in [-0.39, 0.29) is 0 Å². The second-order valence-electron chi connectivity index (χ2n) is 5.81. The summed E-state index contributed by atoms with van der Waals surface area (Å²) in [5, 5.41) is 0.378. The van der Waals surface area contributed by atoms with Crippen LogP contribution in [0, 0.1) is 18.8 Å². The van der Waals surface area contributed by atoms with Crippen LogP contribution in [-0.4, -0.2) is 9.46 Å². The van der Waals surface area contributed by atoms with Crippen LogP contribution < -0.4 is 4.72 Å². The zero-order valence-corrected chi connectivity index (χ0v) is 10.8. The second-order valence-corrected chi connectivity index (χ2v) is 7.16. The van der Waals surface area contributed by atoms with Gasteiger partial charge >= 0.3 is 0 Å². The Hall–Kier alpha value is -0.830. The first kappa shape index (κ1) is 10.1. The molecule has 0 unspecified atom stereocenters. The third-order valence-corrected chi connectivity index (χ3v) is 6.46. The SMILES string of the molecule is Cc1ccc2c(c1)[C@H]1[C@@H]3CC[C@@H](C3)[C@@H]1[S@](=O)N2. The highest BCUT2D eigenvalue weighted by Gasteiger charge is 2.53. The highest BCUT2D eigenvalue weighted by Crippen LogP contribution is 2.57. The number of anilines is 1. The van der Waals surface area contributed by atoms with Gasteiger partial charge in [0.15, 0.2) is 0 Å². The van der Waals surface area contributed by atoms with Gasteiger partial charge in [0.1, 0.15) is 11.0 Å². The molecule has 0 amide bonds. The lowest BCUT2D eigenvalue weighted by atomic mass is 9.81. The van der Waals surface area contributed by atoms with E-state index in [4.69, 9.17) is 0 Å². The number of rotatable bonds is 0. The van der Waals surface area contributed by atoms with Crippen LogP contribution in [0.25, 0.3) is 0 Å². The minimum absolute atomic E-state index is 0.378. The van der Waals surface area contributed by atoms with Crippen molar-refractivity contribution in [3.63, 3.8) is 0 Å². The fraction of sp³-hybridized carbons (Fsp3) is 0.571. The van der Waals surface area contributed by atoms with E-state index in [9.17, 15) is 4.21 Å². The predicted molar refractivity (Wildman–Crippen MR) is 70.3 cm³/mol. The Morgan fingerprint density at radius 3 is 3.00 bits per heavy atom. The molecular formula is C14H17NOS. The lowest BCUT2D eigenvalue weighted by Crippen LogP contribution is -2.37. The van der Waals surface area contributed by atoms with Crippen LogP contribution in [0.5, 0.6) is 0 Å². The van der Waals surface area contributed by atoms with Gasteiger partial charge in [-0.05, 0) is 49.7 Å². The quantitative estimate of drug-likeness (QED) is 0.750. The Balaban J connectivity index is 1.88. The minimum atomic E-state index is -0.863. The molecule has 1 N–H and O–H groups in total. The summed E-state index contributed by atoms with van der Waals surface area (Å²) in [4.78, 5) is 0. The van der Waals surface area contributed by atoms with Crippen LogP contribution in [0.4, 0.5) is 5.69 Å². The Kier molecular flexibility index (Phi) is 1.99. The number of aryl methyl sites for hydroxylation is 1. The van der Waals surface area contributed by atoms with Crippen molar-refractivity contribution >= 4 is 16.7 Å². The van der Waals surface area contributed by atoms with Gasteiger partial charge in [-0.25, -0.2) is 4.21 Å². The number of benzene rings is 1. The fourth-order valence-corrected chi connectivity index (χ4v) is 5.98. The normalized spacial score (nSPS) is 41.8. The summed E-state index contributed by atoms with van der Waals surface area (Å²) in [6.45, 7) is 2.15. The number of fused-ring (bicyclic) bond motifs is 7. The topological polar surface area (TPSA) is 29.1 Å². The van der Waals surface area contributed by atoms with E-state index < -0.39 is 11.0 Å². The van der Waals surface area contributed by atoms with Crippen molar-refractivity contribution < 1.29 is 4.21 Å². The van der Waals surface area contributed by atoms with E-state index in [1.165, 1.54) is 30.4 Å². The molecule has 0 saturated heterocycles. The average molecular weight is 247 g/mol. The van der Waals surface area contributed by atoms with Crippen molar-refractivity contribution in [1.82, 2.24) is 0 Å². The highest BCUT2D eigenvalue weighted by molar-refractivity contribution is 7.87. The van der Waals surface area contributed by atoms with E-state index in [2.05, 4.69) is 29.8 Å². The van der Waals surface area contributed by atoms with Crippen molar-refractivity contribution in [2.75, 3.05) is 4.72 Å². The van der Waals surface area contributed by atoms with Crippen molar-refractivity contribution in [3.05, 3.63) is 29.3 Å². The van der Waals surface area contributed by atoms with Crippen molar-refractivity contribution in [2.45, 2.75) is 37.4 Å². The van der Waals surface area contributed by atoms with E-state index in [0.717, 1.165) is 11.6 Å². The molecule has 0 aromatic heterocycles. The van der Waals surface area contributed by atoms with E-state index >= 15 is 0 Å². The summed E-state index contributed by atoms with van der Waals surface area (Å²) < 4.78 is 15.5. The Morgan fingerprint density at radius 2 is 2.12 bits per heavy atom. The van der Waals surface area contributed by atoms with Crippen LogP contribution in [0.1, 0.15) is 36.3 Å². The smallest absolute Gasteiger partial charge is 0.121 e. The Bertz CT molecular complexity index is 513. The van der Waals surface area contributed by atoms with Gasteiger partial charge < -0.3 is 4.72 Å². The highest BCUT2D eigenvalue weighted by atomic mass is 32.2. The summed E-state index contributed by atoms with van der Waals surface area (Å²) in [5.74, 6) is 2.05. The lowest BCUT2D eigenvalue weighted by Gasteiger charge is -2.36. The molecule has 2 aliphatic carbocycles. The molecule has 90 valence electrons. The molecular weight excluding hydrogens is 230 g/mol. The standard InChI is InChI=1S/C14H17NOS/c1-8-2-5-12-11(6-8)13-9-3-4-10(7-9)14(13)17(16)15-12/h2,5-6,9-10,13-15H,3-4,7H2,1H3/t9-,10+,13-,14+,17+/m1/s1. The molecule has 2 saturated carbocycles. The Morgan fingerprint density at radius 1 is 1.29 bits per heavy atom. The lowest BCUT2D eigenvalue weighted by molar-refractivity contribution is 0.422. The molecule has 0 spiro atoms. The van der Waals surface area contributed by atoms with Gasteiger partial charge in [0.25, 0.3) is 0 Å². The minimum Gasteiger partial charge on any atom is -0.305 e. The molecule has 5 atom stereocenters. The van der Waals surface area contributed by atoms with E-state index in [1.807, 2.05) is 0 Å². The third-order valence-electron chi connectivity index (χ3n) is 4.86. The molecule has 4 rings (SSSR count). The monoisotopic (exact) mass is 247 g/mol. The van der Waals surface area contributed by atoms with E-state index in [1.54, 1.807) is 0 Å². The van der Waals surface area contributed by atoms with Crippen molar-refractivity contribution in [1.29, 1.82) is 0 Å². The van der Waals surface area contributed by atoms with Gasteiger partial charge in [0.05, 0.1) is 5.25 Å². The van der Waals surface area contributed by atoms with Crippen molar-refractivity contribution in [3.8, 4) is 0 Å². The average Bonchev–Trinajstić information content (AvgIpc) is 2.91. The zero-order valence-electron chi connectivity index (χ0n) is 9.98. The first-order chi connectivity index (χ1) is 8.24. The summed E-state index contributed by atoms with van der Waals surface area (Å²) in [6, 6.07) is 6.51. The predicted octanol–water partition coefficient (Wildman–Crippen LogP) is 2.97. The van der Waals surface area contributed by atoms with Gasteiger partial charge in [-0.15, -0.1) is 0 Å². The maximum absolute atomic E-state index is 12.3. The van der Waals surface area contributed by atoms with E-state index in [0.29, 0.717) is 17.1 Å². The summed E-state index contributed by atoms with van der Waals surface area (Å²) in [5.41, 5.74) is 3.87. The molecule has 1 aliphatic heterocycles. The first-order valence-corrected chi connectivity index (χ1v) is 7.73. The number of nitrogens with one attached hydrogen (secondary N) is 1. The number of hydrogen-bond donors (Lipinski definition) is 1. The maximum Gasteiger partial charge on any atom is 0.121 e. The zero-order chi connectivity index (χ0) is 11.6. The van der Waals surface area contributed by atoms with Crippen LogP contribution in [0.3, 0.4) is 0 Å². The summed E-state index contributed by atoms with van der Waals surface area (Å²) >= 11 is 0. The van der Waals surface area contributed by atoms with Crippen LogP contribution in [-0.2, 0) is 11.0 Å². The van der Waals surface area contributed by atoms with Crippen LogP contribution in [0.15, 0.2) is 18.2 Å². The molecule has 3 heteroatoms. The molecule has 17 heavy (non-hydrogen) atoms. The van der Waals surface area contributed by atoms with Gasteiger partial charge in [-0.2, -0.15) is 0 Å². The third kappa shape index (κ3) is 1.29. The fourth-order valence-electron chi connectivity index (χ4n) is 4.20. The van der Waals surface area contributed by atoms with Crippen molar-refractivity contribution in [2.24, 2.45) is 11.8 Å². The van der Waals surface area contributed by atoms with Crippen LogP contribution in [0.2, 0.25) is 0 Å². The van der Waals surface area contributed by atoms with Gasteiger partial charge in [-0.3, -0.25) is 0 Å². The summed E-state index contributed by atoms with van der Waals surface area (Å²) in [6.07, 6.45) is 3.94. The van der Waals surface area contributed by atoms with Gasteiger partial charge in [0, 0.05) is 11.6 Å². The first-order valence-electron chi connectivity index (χ1n) is 6.52.